The van der Waals surface area contributed by atoms with E-state index in [-0.39, 0.29) is 18.1 Å². The second-order valence-electron chi connectivity index (χ2n) is 2.21. The SMILES string of the molecule is COc1nc(CC(=O)O)ncc1F. The molecule has 0 aliphatic carbocycles. The van der Waals surface area contributed by atoms with Crippen LogP contribution in [0.1, 0.15) is 5.82 Å². The minimum atomic E-state index is -1.08. The predicted molar refractivity (Wildman–Crippen MR) is 39.9 cm³/mol. The first-order valence-electron chi connectivity index (χ1n) is 3.40. The molecular formula is C7H7FN2O3. The Labute approximate surface area is 73.2 Å². The predicted octanol–water partition coefficient (Wildman–Crippen LogP) is 0.251. The van der Waals surface area contributed by atoms with Gasteiger partial charge in [-0.05, 0) is 0 Å². The highest BCUT2D eigenvalue weighted by atomic mass is 19.1. The van der Waals surface area contributed by atoms with Crippen molar-refractivity contribution in [3.05, 3.63) is 17.8 Å². The third-order valence-corrected chi connectivity index (χ3v) is 1.26. The van der Waals surface area contributed by atoms with Crippen molar-refractivity contribution < 1.29 is 19.0 Å². The summed E-state index contributed by atoms with van der Waals surface area (Å²) in [6.45, 7) is 0. The topological polar surface area (TPSA) is 72.3 Å². The van der Waals surface area contributed by atoms with Crippen molar-refractivity contribution in [2.24, 2.45) is 0 Å². The smallest absolute Gasteiger partial charge is 0.311 e. The summed E-state index contributed by atoms with van der Waals surface area (Å²) < 4.78 is 17.3. The van der Waals surface area contributed by atoms with E-state index in [4.69, 9.17) is 5.11 Å². The van der Waals surface area contributed by atoms with Gasteiger partial charge in [-0.15, -0.1) is 0 Å². The van der Waals surface area contributed by atoms with Gasteiger partial charge in [-0.1, -0.05) is 0 Å². The number of carboxylic acids is 1. The molecule has 0 fully saturated rings. The van der Waals surface area contributed by atoms with Gasteiger partial charge in [-0.3, -0.25) is 4.79 Å². The number of nitrogens with zero attached hydrogens (tertiary/aromatic N) is 2. The number of halogens is 1. The molecule has 0 radical (unpaired) electrons. The van der Waals surface area contributed by atoms with E-state index in [1.165, 1.54) is 7.11 Å². The Morgan fingerprint density at radius 1 is 1.77 bits per heavy atom. The molecule has 1 rings (SSSR count). The molecule has 1 N–H and O–H groups in total. The van der Waals surface area contributed by atoms with Crippen LogP contribution >= 0.6 is 0 Å². The maximum Gasteiger partial charge on any atom is 0.311 e. The van der Waals surface area contributed by atoms with Crippen molar-refractivity contribution in [1.29, 1.82) is 0 Å². The molecule has 6 heteroatoms. The van der Waals surface area contributed by atoms with Crippen molar-refractivity contribution in [2.75, 3.05) is 7.11 Å². The molecule has 0 aromatic carbocycles. The maximum absolute atomic E-state index is 12.7. The van der Waals surface area contributed by atoms with Gasteiger partial charge < -0.3 is 9.84 Å². The van der Waals surface area contributed by atoms with Crippen LogP contribution in [0.4, 0.5) is 4.39 Å². The lowest BCUT2D eigenvalue weighted by Crippen LogP contribution is -2.06. The fraction of sp³-hybridized carbons (Fsp3) is 0.286. The number of methoxy groups -OCH3 is 1. The average molecular weight is 186 g/mol. The number of carboxylic acid groups (broad SMARTS) is 1. The quantitative estimate of drug-likeness (QED) is 0.732. The largest absolute Gasteiger partial charge is 0.481 e. The van der Waals surface area contributed by atoms with E-state index in [0.29, 0.717) is 0 Å². The molecule has 13 heavy (non-hydrogen) atoms. The third kappa shape index (κ3) is 2.36. The van der Waals surface area contributed by atoms with Gasteiger partial charge in [0.1, 0.15) is 12.2 Å². The van der Waals surface area contributed by atoms with Crippen molar-refractivity contribution in [3.63, 3.8) is 0 Å². The third-order valence-electron chi connectivity index (χ3n) is 1.26. The summed E-state index contributed by atoms with van der Waals surface area (Å²) in [7, 11) is 1.25. The molecule has 0 aliphatic rings. The second kappa shape index (κ2) is 3.79. The second-order valence-corrected chi connectivity index (χ2v) is 2.21. The Morgan fingerprint density at radius 2 is 2.46 bits per heavy atom. The molecule has 5 nitrogen and oxygen atoms in total. The first-order chi connectivity index (χ1) is 6.13. The summed E-state index contributed by atoms with van der Waals surface area (Å²) in [4.78, 5) is 17.3. The fourth-order valence-electron chi connectivity index (χ4n) is 0.749. The zero-order chi connectivity index (χ0) is 9.84. The van der Waals surface area contributed by atoms with Crippen molar-refractivity contribution >= 4 is 5.97 Å². The van der Waals surface area contributed by atoms with Crippen molar-refractivity contribution in [3.8, 4) is 5.88 Å². The van der Waals surface area contributed by atoms with Gasteiger partial charge in [-0.2, -0.15) is 9.37 Å². The van der Waals surface area contributed by atoms with Crippen LogP contribution in [0.25, 0.3) is 0 Å². The van der Waals surface area contributed by atoms with Gasteiger partial charge in [0.2, 0.25) is 5.82 Å². The number of aromatic nitrogens is 2. The molecule has 0 spiro atoms. The summed E-state index contributed by atoms with van der Waals surface area (Å²) in [6.07, 6.45) is 0.529. The van der Waals surface area contributed by atoms with Gasteiger partial charge in [0.05, 0.1) is 13.3 Å². The molecule has 0 saturated carbocycles. The van der Waals surface area contributed by atoms with Crippen LogP contribution in [0.5, 0.6) is 5.88 Å². The number of hydrogen-bond acceptors (Lipinski definition) is 4. The van der Waals surface area contributed by atoms with Crippen LogP contribution in [0.3, 0.4) is 0 Å². The number of aliphatic carboxylic acids is 1. The number of ether oxygens (including phenoxy) is 1. The first kappa shape index (κ1) is 9.37. The normalized spacial score (nSPS) is 9.69. The minimum Gasteiger partial charge on any atom is -0.481 e. The number of rotatable bonds is 3. The Balaban J connectivity index is 2.92. The highest BCUT2D eigenvalue weighted by Gasteiger charge is 2.09. The molecule has 1 heterocycles. The van der Waals surface area contributed by atoms with E-state index in [1.807, 2.05) is 0 Å². The van der Waals surface area contributed by atoms with E-state index in [2.05, 4.69) is 14.7 Å². The summed E-state index contributed by atoms with van der Waals surface area (Å²) in [5.41, 5.74) is 0. The standard InChI is InChI=1S/C7H7FN2O3/c1-13-7-4(8)3-9-5(10-7)2-6(11)12/h3H,2H2,1H3,(H,11,12). The Morgan fingerprint density at radius 3 is 3.00 bits per heavy atom. The Bertz CT molecular complexity index is 330. The highest BCUT2D eigenvalue weighted by molar-refractivity contribution is 5.68. The lowest BCUT2D eigenvalue weighted by atomic mass is 10.4. The molecule has 0 amide bonds. The molecular weight excluding hydrogens is 179 g/mol. The van der Waals surface area contributed by atoms with E-state index in [1.54, 1.807) is 0 Å². The van der Waals surface area contributed by atoms with Crippen LogP contribution in [-0.4, -0.2) is 28.2 Å². The van der Waals surface area contributed by atoms with Gasteiger partial charge in [-0.25, -0.2) is 4.98 Å². The van der Waals surface area contributed by atoms with Gasteiger partial charge in [0.15, 0.2) is 0 Å². The zero-order valence-electron chi connectivity index (χ0n) is 6.82. The molecule has 0 aliphatic heterocycles. The molecule has 0 bridgehead atoms. The highest BCUT2D eigenvalue weighted by Crippen LogP contribution is 2.11. The zero-order valence-corrected chi connectivity index (χ0v) is 6.82. The summed E-state index contributed by atoms with van der Waals surface area (Å²) in [5.74, 6) is -2.01. The molecule has 1 aromatic rings. The van der Waals surface area contributed by atoms with Crippen LogP contribution in [0, 0.1) is 5.82 Å². The summed E-state index contributed by atoms with van der Waals surface area (Å²) >= 11 is 0. The molecule has 0 saturated heterocycles. The van der Waals surface area contributed by atoms with E-state index < -0.39 is 11.8 Å². The van der Waals surface area contributed by atoms with Gasteiger partial charge in [0, 0.05) is 0 Å². The van der Waals surface area contributed by atoms with Crippen molar-refractivity contribution in [1.82, 2.24) is 9.97 Å². The van der Waals surface area contributed by atoms with Crippen LogP contribution in [0.15, 0.2) is 6.20 Å². The summed E-state index contributed by atoms with van der Waals surface area (Å²) in [6, 6.07) is 0. The van der Waals surface area contributed by atoms with E-state index >= 15 is 0 Å². The lowest BCUT2D eigenvalue weighted by Gasteiger charge is -2.01. The van der Waals surface area contributed by atoms with E-state index in [9.17, 15) is 9.18 Å². The minimum absolute atomic E-state index is 0.0192. The summed E-state index contributed by atoms with van der Waals surface area (Å²) in [5, 5.41) is 8.39. The average Bonchev–Trinajstić information content (AvgIpc) is 2.07. The monoisotopic (exact) mass is 186 g/mol. The molecule has 70 valence electrons. The van der Waals surface area contributed by atoms with Gasteiger partial charge >= 0.3 is 5.97 Å². The molecule has 0 atom stereocenters. The fourth-order valence-corrected chi connectivity index (χ4v) is 0.749. The van der Waals surface area contributed by atoms with Crippen LogP contribution in [-0.2, 0) is 11.2 Å². The first-order valence-corrected chi connectivity index (χ1v) is 3.40. The Kier molecular flexibility index (Phi) is 2.73. The van der Waals surface area contributed by atoms with Crippen LogP contribution in [0.2, 0.25) is 0 Å². The molecule has 0 unspecified atom stereocenters. The van der Waals surface area contributed by atoms with Gasteiger partial charge in [0.25, 0.3) is 5.88 Å². The maximum atomic E-state index is 12.7. The lowest BCUT2D eigenvalue weighted by molar-refractivity contribution is -0.136. The van der Waals surface area contributed by atoms with Crippen molar-refractivity contribution in [2.45, 2.75) is 6.42 Å². The number of hydrogen-bond donors (Lipinski definition) is 1. The van der Waals surface area contributed by atoms with E-state index in [0.717, 1.165) is 6.20 Å². The molecule has 1 aromatic heterocycles. The van der Waals surface area contributed by atoms with Crippen LogP contribution < -0.4 is 4.74 Å². The Hall–Kier alpha value is -1.72. The number of carbonyl (C=O) groups is 1.